The molecule has 32 heavy (non-hydrogen) atoms. The van der Waals surface area contributed by atoms with Crippen molar-refractivity contribution in [3.63, 3.8) is 0 Å². The first-order valence-electron chi connectivity index (χ1n) is 9.61. The van der Waals surface area contributed by atoms with Gasteiger partial charge in [0.25, 0.3) is 15.9 Å². The van der Waals surface area contributed by atoms with Crippen LogP contribution in [0, 0.1) is 0 Å². The van der Waals surface area contributed by atoms with Gasteiger partial charge >= 0.3 is 0 Å². The molecule has 4 rings (SSSR count). The molecule has 3 aromatic carbocycles. The minimum absolute atomic E-state index is 0.0346. The molecule has 0 unspecified atom stereocenters. The first-order chi connectivity index (χ1) is 15.3. The van der Waals surface area contributed by atoms with E-state index in [1.807, 2.05) is 24.3 Å². The molecule has 10 heteroatoms. The topological polar surface area (TPSA) is 104 Å². The van der Waals surface area contributed by atoms with E-state index in [1.165, 1.54) is 24.3 Å². The molecule has 0 aliphatic heterocycles. The number of aromatic nitrogens is 2. The number of anilines is 1. The number of hydrogen-bond acceptors (Lipinski definition) is 4. The van der Waals surface area contributed by atoms with E-state index in [9.17, 15) is 13.2 Å². The monoisotopic (exact) mass is 488 g/mol. The third kappa shape index (κ3) is 5.04. The fourth-order valence-corrected chi connectivity index (χ4v) is 4.54. The second-order valence-corrected chi connectivity index (χ2v) is 9.47. The Labute approximate surface area is 194 Å². The number of benzene rings is 3. The average Bonchev–Trinajstić information content (AvgIpc) is 3.18. The normalized spacial score (nSPS) is 11.4. The summed E-state index contributed by atoms with van der Waals surface area (Å²) < 4.78 is 27.7. The number of sulfonamides is 1. The van der Waals surface area contributed by atoms with Crippen LogP contribution in [0.3, 0.4) is 0 Å². The predicted molar refractivity (Wildman–Crippen MR) is 126 cm³/mol. The van der Waals surface area contributed by atoms with Gasteiger partial charge in [-0.2, -0.15) is 0 Å². The van der Waals surface area contributed by atoms with Gasteiger partial charge in [-0.1, -0.05) is 41.4 Å². The molecule has 7 nitrogen and oxygen atoms in total. The average molecular weight is 489 g/mol. The van der Waals surface area contributed by atoms with Gasteiger partial charge in [-0.05, 0) is 48.5 Å². The summed E-state index contributed by atoms with van der Waals surface area (Å²) in [4.78, 5) is 20.2. The van der Waals surface area contributed by atoms with Crippen LogP contribution in [0.5, 0.6) is 0 Å². The number of H-pyrrole nitrogens is 1. The number of rotatable bonds is 7. The zero-order valence-electron chi connectivity index (χ0n) is 16.6. The Balaban J connectivity index is 1.40. The van der Waals surface area contributed by atoms with Crippen molar-refractivity contribution in [2.24, 2.45) is 0 Å². The number of carbonyl (C=O) groups is 1. The maximum absolute atomic E-state index is 12.6. The van der Waals surface area contributed by atoms with Crippen molar-refractivity contribution < 1.29 is 13.2 Å². The lowest BCUT2D eigenvalue weighted by Gasteiger charge is -2.10. The number of halogens is 2. The molecular formula is C22H18Cl2N4O3S. The summed E-state index contributed by atoms with van der Waals surface area (Å²) in [5.41, 5.74) is 2.39. The number of fused-ring (bicyclic) bond motifs is 1. The van der Waals surface area contributed by atoms with Crippen LogP contribution in [0.4, 0.5) is 5.69 Å². The molecule has 0 aliphatic carbocycles. The number of carbonyl (C=O) groups excluding carboxylic acids is 1. The van der Waals surface area contributed by atoms with Gasteiger partial charge in [-0.25, -0.2) is 13.4 Å². The van der Waals surface area contributed by atoms with Crippen molar-refractivity contribution in [3.05, 3.63) is 88.2 Å². The molecule has 0 aliphatic rings. The van der Waals surface area contributed by atoms with Gasteiger partial charge in [-0.3, -0.25) is 9.52 Å². The Bertz CT molecular complexity index is 1370. The van der Waals surface area contributed by atoms with Crippen LogP contribution >= 0.6 is 23.2 Å². The Kier molecular flexibility index (Phi) is 6.36. The van der Waals surface area contributed by atoms with E-state index in [0.717, 1.165) is 16.9 Å². The third-order valence-electron chi connectivity index (χ3n) is 4.66. The van der Waals surface area contributed by atoms with Gasteiger partial charge in [0.05, 0.1) is 26.0 Å². The molecule has 1 amide bonds. The van der Waals surface area contributed by atoms with E-state index in [0.29, 0.717) is 18.5 Å². The number of nitrogens with one attached hydrogen (secondary N) is 3. The molecule has 0 bridgehead atoms. The lowest BCUT2D eigenvalue weighted by atomic mass is 10.2. The third-order valence-corrected chi connectivity index (χ3v) is 6.78. The predicted octanol–water partition coefficient (Wildman–Crippen LogP) is 4.64. The first-order valence-corrected chi connectivity index (χ1v) is 11.9. The molecular weight excluding hydrogens is 471 g/mol. The summed E-state index contributed by atoms with van der Waals surface area (Å²) in [6, 6.07) is 17.9. The Hall–Kier alpha value is -3.07. The van der Waals surface area contributed by atoms with E-state index in [4.69, 9.17) is 23.2 Å². The zero-order valence-corrected chi connectivity index (χ0v) is 18.9. The largest absolute Gasteiger partial charge is 0.352 e. The molecule has 3 N–H and O–H groups in total. The lowest BCUT2D eigenvalue weighted by molar-refractivity contribution is 0.0954. The number of aromatic amines is 1. The van der Waals surface area contributed by atoms with Crippen LogP contribution in [0.25, 0.3) is 11.0 Å². The van der Waals surface area contributed by atoms with E-state index in [2.05, 4.69) is 20.0 Å². The van der Waals surface area contributed by atoms with Gasteiger partial charge in [0.1, 0.15) is 5.82 Å². The quantitative estimate of drug-likeness (QED) is 0.352. The standard InChI is InChI=1S/C22H18Cl2N4O3S/c23-17-9-8-16(13-18(17)24)32(30,31)28-15-5-3-4-14(12-15)22(29)25-11-10-21-26-19-6-1-2-7-20(19)27-21/h1-9,12-13,28H,10-11H2,(H,25,29)(H,26,27). The fraction of sp³-hybridized carbons (Fsp3) is 0.0909. The van der Waals surface area contributed by atoms with Crippen LogP contribution in [-0.2, 0) is 16.4 Å². The Morgan fingerprint density at radius 1 is 0.969 bits per heavy atom. The van der Waals surface area contributed by atoms with Crippen molar-refractivity contribution in [1.29, 1.82) is 0 Å². The van der Waals surface area contributed by atoms with E-state index in [1.54, 1.807) is 18.2 Å². The van der Waals surface area contributed by atoms with Gasteiger partial charge in [0.15, 0.2) is 0 Å². The van der Waals surface area contributed by atoms with Gasteiger partial charge in [-0.15, -0.1) is 0 Å². The van der Waals surface area contributed by atoms with Crippen LogP contribution < -0.4 is 10.0 Å². The van der Waals surface area contributed by atoms with Crippen LogP contribution in [-0.4, -0.2) is 30.8 Å². The highest BCUT2D eigenvalue weighted by atomic mass is 35.5. The summed E-state index contributed by atoms with van der Waals surface area (Å²) in [7, 11) is -3.90. The molecule has 0 saturated carbocycles. The second kappa shape index (κ2) is 9.20. The summed E-state index contributed by atoms with van der Waals surface area (Å²) in [6.07, 6.45) is 0.532. The molecule has 0 fully saturated rings. The molecule has 0 saturated heterocycles. The molecule has 1 heterocycles. The molecule has 1 aromatic heterocycles. The van der Waals surface area contributed by atoms with Crippen molar-refractivity contribution >= 4 is 55.9 Å². The minimum atomic E-state index is -3.90. The highest BCUT2D eigenvalue weighted by molar-refractivity contribution is 7.92. The summed E-state index contributed by atoms with van der Waals surface area (Å²) >= 11 is 11.8. The van der Waals surface area contributed by atoms with Crippen molar-refractivity contribution in [1.82, 2.24) is 15.3 Å². The minimum Gasteiger partial charge on any atom is -0.352 e. The highest BCUT2D eigenvalue weighted by Crippen LogP contribution is 2.26. The van der Waals surface area contributed by atoms with Crippen molar-refractivity contribution in [2.75, 3.05) is 11.3 Å². The number of nitrogens with zero attached hydrogens (tertiary/aromatic N) is 1. The van der Waals surface area contributed by atoms with Gasteiger partial charge < -0.3 is 10.3 Å². The summed E-state index contributed by atoms with van der Waals surface area (Å²) in [5.74, 6) is 0.450. The molecule has 0 spiro atoms. The highest BCUT2D eigenvalue weighted by Gasteiger charge is 2.16. The second-order valence-electron chi connectivity index (χ2n) is 6.97. The first kappa shape index (κ1) is 22.1. The van der Waals surface area contributed by atoms with Crippen LogP contribution in [0.1, 0.15) is 16.2 Å². The maximum atomic E-state index is 12.6. The molecule has 0 radical (unpaired) electrons. The lowest BCUT2D eigenvalue weighted by Crippen LogP contribution is -2.26. The summed E-state index contributed by atoms with van der Waals surface area (Å²) in [5, 5.41) is 3.21. The van der Waals surface area contributed by atoms with Gasteiger partial charge in [0, 0.05) is 24.2 Å². The SMILES string of the molecule is O=C(NCCc1nc2ccccc2[nH]1)c1cccc(NS(=O)(=O)c2ccc(Cl)c(Cl)c2)c1. The van der Waals surface area contributed by atoms with Crippen molar-refractivity contribution in [2.45, 2.75) is 11.3 Å². The van der Waals surface area contributed by atoms with Crippen LogP contribution in [0.15, 0.2) is 71.6 Å². The summed E-state index contributed by atoms with van der Waals surface area (Å²) in [6.45, 7) is 0.373. The number of hydrogen-bond donors (Lipinski definition) is 3. The molecule has 4 aromatic rings. The Morgan fingerprint density at radius 2 is 1.78 bits per heavy atom. The fourth-order valence-electron chi connectivity index (χ4n) is 3.10. The smallest absolute Gasteiger partial charge is 0.261 e. The van der Waals surface area contributed by atoms with Crippen molar-refractivity contribution in [3.8, 4) is 0 Å². The van der Waals surface area contributed by atoms with E-state index >= 15 is 0 Å². The van der Waals surface area contributed by atoms with E-state index in [-0.39, 0.29) is 26.5 Å². The van der Waals surface area contributed by atoms with Crippen LogP contribution in [0.2, 0.25) is 10.0 Å². The van der Waals surface area contributed by atoms with E-state index < -0.39 is 10.0 Å². The number of para-hydroxylation sites is 2. The number of imidazole rings is 1. The zero-order chi connectivity index (χ0) is 22.7. The Morgan fingerprint density at radius 3 is 2.56 bits per heavy atom. The van der Waals surface area contributed by atoms with Gasteiger partial charge in [0.2, 0.25) is 0 Å². The number of amides is 1. The molecule has 164 valence electrons. The molecule has 0 atom stereocenters. The maximum Gasteiger partial charge on any atom is 0.261 e.